The van der Waals surface area contributed by atoms with Crippen LogP contribution in [0, 0.1) is 17.8 Å². The van der Waals surface area contributed by atoms with Gasteiger partial charge in [0.2, 0.25) is 10.0 Å². The van der Waals surface area contributed by atoms with Crippen LogP contribution in [0.2, 0.25) is 5.02 Å². The van der Waals surface area contributed by atoms with Crippen molar-refractivity contribution in [3.05, 3.63) is 70.3 Å². The fraction of sp³-hybridized carbons (Fsp3) is 0.583. The highest BCUT2D eigenvalue weighted by atomic mass is 35.5. The number of carbonyl (C=O) groups is 1. The minimum absolute atomic E-state index is 0.0131. The molecule has 46 heavy (non-hydrogen) atoms. The molecular formula is C36H47ClN2O6S. The van der Waals surface area contributed by atoms with Crippen molar-refractivity contribution >= 4 is 33.2 Å². The molecule has 4 aliphatic rings. The summed E-state index contributed by atoms with van der Waals surface area (Å²) in [5, 5.41) is 10.1. The van der Waals surface area contributed by atoms with Crippen molar-refractivity contribution in [1.82, 2.24) is 4.31 Å². The second kappa shape index (κ2) is 12.8. The summed E-state index contributed by atoms with van der Waals surface area (Å²) < 4.78 is 41.2. The molecule has 2 bridgehead atoms. The second-order valence-corrected chi connectivity index (χ2v) is 16.8. The maximum absolute atomic E-state index is 13.8. The molecule has 1 N–H and O–H groups in total. The van der Waals surface area contributed by atoms with E-state index >= 15 is 0 Å². The third-order valence-corrected chi connectivity index (χ3v) is 14.1. The van der Waals surface area contributed by atoms with Crippen LogP contribution in [0.15, 0.2) is 48.6 Å². The number of aryl methyl sites for hydroxylation is 1. The number of hydrogen-bond donors (Lipinski definition) is 1. The van der Waals surface area contributed by atoms with Crippen molar-refractivity contribution in [3.63, 3.8) is 0 Å². The van der Waals surface area contributed by atoms with Crippen LogP contribution in [0.5, 0.6) is 5.75 Å². The van der Waals surface area contributed by atoms with E-state index in [9.17, 15) is 18.3 Å². The van der Waals surface area contributed by atoms with Crippen LogP contribution >= 0.6 is 11.6 Å². The van der Waals surface area contributed by atoms with Crippen molar-refractivity contribution in [2.45, 2.75) is 75.1 Å². The molecule has 8 nitrogen and oxygen atoms in total. The second-order valence-electron chi connectivity index (χ2n) is 14.0. The summed E-state index contributed by atoms with van der Waals surface area (Å²) in [4.78, 5) is 16.2. The molecule has 0 radical (unpaired) electrons. The SMILES string of the molecule is CO[C@]1(CCO)/C=C/C[C@H](C)[C@@H](C)S(=O)(=O)N(C)C(=O)c2ccc3c(c2)N(C[C@@H]2CC[C@H]21)C[C@@]1(CCCc2cc(Cl)ccc21)CO3. The van der Waals surface area contributed by atoms with E-state index in [1.54, 1.807) is 20.1 Å². The number of benzene rings is 2. The van der Waals surface area contributed by atoms with Crippen LogP contribution in [-0.2, 0) is 26.6 Å². The van der Waals surface area contributed by atoms with Crippen molar-refractivity contribution in [3.8, 4) is 5.75 Å². The molecule has 10 heteroatoms. The van der Waals surface area contributed by atoms with E-state index in [2.05, 4.69) is 23.1 Å². The van der Waals surface area contributed by atoms with Gasteiger partial charge in [0.05, 0.1) is 23.1 Å². The molecule has 0 saturated heterocycles. The monoisotopic (exact) mass is 670 g/mol. The van der Waals surface area contributed by atoms with Gasteiger partial charge in [-0.1, -0.05) is 36.7 Å². The molecule has 0 aromatic heterocycles. The van der Waals surface area contributed by atoms with Crippen LogP contribution in [0.3, 0.4) is 0 Å². The number of methoxy groups -OCH3 is 1. The molecule has 250 valence electrons. The molecule has 6 rings (SSSR count). The lowest BCUT2D eigenvalue weighted by Gasteiger charge is -2.50. The van der Waals surface area contributed by atoms with Crippen LogP contribution in [0.4, 0.5) is 5.69 Å². The molecule has 1 spiro atoms. The summed E-state index contributed by atoms with van der Waals surface area (Å²) in [6.45, 7) is 5.45. The Kier molecular flexibility index (Phi) is 9.26. The highest BCUT2D eigenvalue weighted by Crippen LogP contribution is 2.50. The number of ether oxygens (including phenoxy) is 2. The van der Waals surface area contributed by atoms with Gasteiger partial charge in [-0.05, 0) is 105 Å². The minimum Gasteiger partial charge on any atom is -0.490 e. The normalized spacial score (nSPS) is 33.3. The number of hydrogen-bond acceptors (Lipinski definition) is 7. The number of nitrogens with zero attached hydrogens (tertiary/aromatic N) is 2. The first-order valence-corrected chi connectivity index (χ1v) is 18.5. The van der Waals surface area contributed by atoms with E-state index in [1.807, 2.05) is 31.2 Å². The Labute approximate surface area is 278 Å². The van der Waals surface area contributed by atoms with Crippen LogP contribution < -0.4 is 9.64 Å². The largest absolute Gasteiger partial charge is 0.490 e. The smallest absolute Gasteiger partial charge is 0.267 e. The van der Waals surface area contributed by atoms with Crippen molar-refractivity contribution in [2.75, 3.05) is 45.4 Å². The van der Waals surface area contributed by atoms with Crippen LogP contribution in [0.25, 0.3) is 0 Å². The number of carbonyl (C=O) groups excluding carboxylic acids is 1. The fourth-order valence-corrected chi connectivity index (χ4v) is 10.1. The molecule has 1 saturated carbocycles. The van der Waals surface area contributed by atoms with Gasteiger partial charge in [0.1, 0.15) is 5.75 Å². The average molecular weight is 671 g/mol. The summed E-state index contributed by atoms with van der Waals surface area (Å²) in [5.41, 5.74) is 2.68. The van der Waals surface area contributed by atoms with Gasteiger partial charge in [0.25, 0.3) is 5.91 Å². The summed E-state index contributed by atoms with van der Waals surface area (Å²) in [7, 11) is -0.876. The van der Waals surface area contributed by atoms with Gasteiger partial charge >= 0.3 is 0 Å². The highest BCUT2D eigenvalue weighted by Gasteiger charge is 2.49. The molecule has 2 aliphatic carbocycles. The first kappa shape index (κ1) is 33.3. The van der Waals surface area contributed by atoms with E-state index in [1.165, 1.54) is 18.2 Å². The lowest BCUT2D eigenvalue weighted by molar-refractivity contribution is -0.0864. The number of amides is 1. The Balaban J connectivity index is 1.48. The van der Waals surface area contributed by atoms with Gasteiger partial charge in [-0.25, -0.2) is 12.7 Å². The molecule has 1 amide bonds. The number of aliphatic hydroxyl groups excluding tert-OH is 1. The van der Waals surface area contributed by atoms with Gasteiger partial charge in [0.15, 0.2) is 0 Å². The first-order chi connectivity index (χ1) is 21.9. The van der Waals surface area contributed by atoms with Crippen molar-refractivity contribution < 1.29 is 27.8 Å². The summed E-state index contributed by atoms with van der Waals surface area (Å²) >= 11 is 6.44. The van der Waals surface area contributed by atoms with Crippen LogP contribution in [0.1, 0.15) is 73.9 Å². The van der Waals surface area contributed by atoms with E-state index in [0.29, 0.717) is 37.3 Å². The zero-order valence-corrected chi connectivity index (χ0v) is 28.9. The molecule has 1 fully saturated rings. The summed E-state index contributed by atoms with van der Waals surface area (Å²) in [6, 6.07) is 11.5. The number of halogens is 1. The van der Waals surface area contributed by atoms with Gasteiger partial charge < -0.3 is 19.5 Å². The maximum atomic E-state index is 13.8. The zero-order valence-electron chi connectivity index (χ0n) is 27.4. The van der Waals surface area contributed by atoms with Gasteiger partial charge in [-0.15, -0.1) is 0 Å². The number of allylic oxidation sites excluding steroid dienone is 1. The highest BCUT2D eigenvalue weighted by molar-refractivity contribution is 7.90. The standard InChI is InChI=1S/C36H47ClN2O6S/c1-24-7-5-16-36(44-4,17-18-40)31-12-9-28(31)21-39-22-35(15-6-8-26-19-29(37)11-13-30(26)35)23-45-33-14-10-27(20-32(33)39)34(41)38(3)46(42,43)25(24)2/h5,10-11,13-14,16,19-20,24-25,28,31,40H,6-9,12,15,17-18,21-23H2,1-4H3/b16-5+/t24-,25+,28-,31+,35-,36-/m0/s1. The van der Waals surface area contributed by atoms with Crippen molar-refractivity contribution in [1.29, 1.82) is 0 Å². The van der Waals surface area contributed by atoms with E-state index < -0.39 is 26.8 Å². The zero-order chi connectivity index (χ0) is 32.9. The summed E-state index contributed by atoms with van der Waals surface area (Å²) in [5.74, 6) is 0.336. The number of fused-ring (bicyclic) bond motifs is 4. The van der Waals surface area contributed by atoms with Crippen LogP contribution in [-0.4, -0.2) is 75.0 Å². The van der Waals surface area contributed by atoms with E-state index in [0.717, 1.165) is 53.7 Å². The Bertz CT molecular complexity index is 1610. The summed E-state index contributed by atoms with van der Waals surface area (Å²) in [6.07, 6.45) is 9.98. The Hall–Kier alpha value is -2.59. The Morgan fingerprint density at radius 1 is 1.15 bits per heavy atom. The molecule has 6 atom stereocenters. The van der Waals surface area contributed by atoms with Gasteiger partial charge in [-0.3, -0.25) is 4.79 Å². The number of rotatable bonds is 3. The van der Waals surface area contributed by atoms with E-state index in [4.69, 9.17) is 21.1 Å². The number of aliphatic hydroxyl groups is 1. The topological polar surface area (TPSA) is 96.4 Å². The lowest BCUT2D eigenvalue weighted by atomic mass is 9.63. The third kappa shape index (κ3) is 5.75. The average Bonchev–Trinajstić information content (AvgIpc) is 3.18. The molecule has 2 aromatic carbocycles. The Morgan fingerprint density at radius 3 is 2.67 bits per heavy atom. The number of sulfonamides is 1. The van der Waals surface area contributed by atoms with Gasteiger partial charge in [-0.2, -0.15) is 0 Å². The minimum atomic E-state index is -3.95. The fourth-order valence-electron chi connectivity index (χ4n) is 8.36. The molecule has 0 unspecified atom stereocenters. The lowest BCUT2D eigenvalue weighted by Crippen LogP contribution is -2.53. The molecular weight excluding hydrogens is 624 g/mol. The number of anilines is 1. The van der Waals surface area contributed by atoms with Gasteiger partial charge in [0, 0.05) is 56.3 Å². The van der Waals surface area contributed by atoms with E-state index in [-0.39, 0.29) is 29.8 Å². The predicted molar refractivity (Wildman–Crippen MR) is 181 cm³/mol. The Morgan fingerprint density at radius 2 is 1.96 bits per heavy atom. The molecule has 2 heterocycles. The van der Waals surface area contributed by atoms with Crippen molar-refractivity contribution in [2.24, 2.45) is 17.8 Å². The molecule has 2 aromatic rings. The molecule has 2 aliphatic heterocycles. The maximum Gasteiger partial charge on any atom is 0.267 e. The predicted octanol–water partition coefficient (Wildman–Crippen LogP) is 5.99. The quantitative estimate of drug-likeness (QED) is 0.401. The third-order valence-electron chi connectivity index (χ3n) is 11.5. The first-order valence-electron chi connectivity index (χ1n) is 16.6.